The molecule has 2 fully saturated rings. The third-order valence-electron chi connectivity index (χ3n) is 4.30. The van der Waals surface area contributed by atoms with Crippen LogP contribution in [0.4, 0.5) is 4.79 Å². The third kappa shape index (κ3) is 4.16. The largest absolute Gasteiger partial charge is 0.338 e. The van der Waals surface area contributed by atoms with Gasteiger partial charge in [-0.05, 0) is 37.6 Å². The van der Waals surface area contributed by atoms with E-state index >= 15 is 0 Å². The molecular weight excluding hydrogens is 226 g/mol. The van der Waals surface area contributed by atoms with Gasteiger partial charge in [0.1, 0.15) is 0 Å². The van der Waals surface area contributed by atoms with Crippen molar-refractivity contribution >= 4 is 6.03 Å². The van der Waals surface area contributed by atoms with Crippen LogP contribution in [-0.2, 0) is 0 Å². The Hall–Kier alpha value is -0.770. The van der Waals surface area contributed by atoms with Crippen molar-refractivity contribution < 1.29 is 4.79 Å². The predicted octanol–water partition coefficient (Wildman–Crippen LogP) is 2.01. The van der Waals surface area contributed by atoms with Crippen LogP contribution < -0.4 is 16.0 Å². The summed E-state index contributed by atoms with van der Waals surface area (Å²) in [5.74, 6) is 0. The first-order chi connectivity index (χ1) is 8.68. The van der Waals surface area contributed by atoms with Crippen LogP contribution in [0.15, 0.2) is 0 Å². The molecule has 0 spiro atoms. The Bertz CT molecular complexity index is 268. The van der Waals surface area contributed by atoms with Gasteiger partial charge < -0.3 is 16.0 Å². The zero-order valence-corrected chi connectivity index (χ0v) is 11.6. The number of amides is 2. The van der Waals surface area contributed by atoms with Crippen molar-refractivity contribution in [3.63, 3.8) is 0 Å². The van der Waals surface area contributed by atoms with Gasteiger partial charge in [-0.15, -0.1) is 0 Å². The maximum absolute atomic E-state index is 11.9. The molecule has 1 heterocycles. The fraction of sp³-hybridized carbons (Fsp3) is 0.929. The topological polar surface area (TPSA) is 53.2 Å². The molecule has 0 aromatic heterocycles. The number of rotatable bonds is 3. The summed E-state index contributed by atoms with van der Waals surface area (Å²) in [6, 6.07) is 0.421. The van der Waals surface area contributed by atoms with Gasteiger partial charge in [0.05, 0.1) is 0 Å². The molecular formula is C14H27N3O. The first-order valence-electron chi connectivity index (χ1n) is 7.43. The van der Waals surface area contributed by atoms with E-state index in [0.717, 1.165) is 32.5 Å². The van der Waals surface area contributed by atoms with Gasteiger partial charge >= 0.3 is 6.03 Å². The quantitative estimate of drug-likeness (QED) is 0.720. The Morgan fingerprint density at radius 1 is 1.28 bits per heavy atom. The lowest BCUT2D eigenvalue weighted by atomic mass is 9.83. The molecule has 2 rings (SSSR count). The highest BCUT2D eigenvalue weighted by Gasteiger charge is 2.27. The molecule has 1 aliphatic heterocycles. The van der Waals surface area contributed by atoms with E-state index in [0.29, 0.717) is 6.04 Å². The van der Waals surface area contributed by atoms with Gasteiger partial charge in [0.15, 0.2) is 0 Å². The molecule has 2 amide bonds. The van der Waals surface area contributed by atoms with Gasteiger partial charge in [-0.1, -0.05) is 26.2 Å². The van der Waals surface area contributed by atoms with Gasteiger partial charge in [-0.3, -0.25) is 0 Å². The Kier molecular flexibility index (Phi) is 4.87. The smallest absolute Gasteiger partial charge is 0.315 e. The molecule has 1 aliphatic carbocycles. The highest BCUT2D eigenvalue weighted by Crippen LogP contribution is 2.24. The normalized spacial score (nSPS) is 29.8. The molecule has 1 unspecified atom stereocenters. The van der Waals surface area contributed by atoms with Crippen molar-refractivity contribution in [3.05, 3.63) is 0 Å². The summed E-state index contributed by atoms with van der Waals surface area (Å²) >= 11 is 0. The minimum atomic E-state index is 0.0219. The number of hydrogen-bond acceptors (Lipinski definition) is 2. The minimum absolute atomic E-state index is 0.0219. The lowest BCUT2D eigenvalue weighted by molar-refractivity contribution is 0.206. The fourth-order valence-electron chi connectivity index (χ4n) is 3.05. The molecule has 0 radical (unpaired) electrons. The van der Waals surface area contributed by atoms with E-state index in [1.807, 2.05) is 0 Å². The van der Waals surface area contributed by atoms with E-state index in [1.54, 1.807) is 0 Å². The Morgan fingerprint density at radius 2 is 2.06 bits per heavy atom. The minimum Gasteiger partial charge on any atom is -0.338 e. The van der Waals surface area contributed by atoms with Crippen LogP contribution in [0.2, 0.25) is 0 Å². The zero-order valence-electron chi connectivity index (χ0n) is 11.6. The van der Waals surface area contributed by atoms with E-state index in [4.69, 9.17) is 0 Å². The van der Waals surface area contributed by atoms with Crippen LogP contribution in [0, 0.1) is 5.41 Å². The second-order valence-corrected chi connectivity index (χ2v) is 6.25. The number of carbonyl (C=O) groups excluding carboxylic acids is 1. The third-order valence-corrected chi connectivity index (χ3v) is 4.30. The highest BCUT2D eigenvalue weighted by atomic mass is 16.2. The predicted molar refractivity (Wildman–Crippen MR) is 73.6 cm³/mol. The number of urea groups is 1. The molecule has 104 valence electrons. The fourth-order valence-corrected chi connectivity index (χ4v) is 3.05. The first kappa shape index (κ1) is 13.7. The highest BCUT2D eigenvalue weighted by molar-refractivity contribution is 5.74. The molecule has 1 saturated carbocycles. The maximum Gasteiger partial charge on any atom is 0.315 e. The van der Waals surface area contributed by atoms with Crippen LogP contribution >= 0.6 is 0 Å². The molecule has 4 nitrogen and oxygen atoms in total. The summed E-state index contributed by atoms with van der Waals surface area (Å²) in [4.78, 5) is 11.9. The average molecular weight is 253 g/mol. The van der Waals surface area contributed by atoms with Gasteiger partial charge in [0.25, 0.3) is 0 Å². The Morgan fingerprint density at radius 3 is 2.72 bits per heavy atom. The van der Waals surface area contributed by atoms with Crippen LogP contribution in [0.1, 0.15) is 51.9 Å². The lowest BCUT2D eigenvalue weighted by Gasteiger charge is -2.34. The molecule has 18 heavy (non-hydrogen) atoms. The maximum atomic E-state index is 11.9. The standard InChI is InChI=1S/C14H27N3O/c1-14(8-5-9-15-10-14)11-16-13(18)17-12-6-3-2-4-7-12/h12,15H,2-11H2,1H3,(H2,16,17,18). The van der Waals surface area contributed by atoms with Gasteiger partial charge in [0, 0.05) is 19.1 Å². The molecule has 2 aliphatic rings. The number of hydrogen-bond donors (Lipinski definition) is 3. The summed E-state index contributed by atoms with van der Waals surface area (Å²) in [7, 11) is 0. The van der Waals surface area contributed by atoms with E-state index in [9.17, 15) is 4.79 Å². The van der Waals surface area contributed by atoms with Crippen molar-refractivity contribution in [1.29, 1.82) is 0 Å². The second kappa shape index (κ2) is 6.41. The Balaban J connectivity index is 1.67. The average Bonchev–Trinajstić information content (AvgIpc) is 2.39. The van der Waals surface area contributed by atoms with Crippen molar-refractivity contribution in [3.8, 4) is 0 Å². The van der Waals surface area contributed by atoms with E-state index in [2.05, 4.69) is 22.9 Å². The summed E-state index contributed by atoms with van der Waals surface area (Å²) < 4.78 is 0. The molecule has 0 aromatic rings. The van der Waals surface area contributed by atoms with E-state index in [-0.39, 0.29) is 11.4 Å². The van der Waals surface area contributed by atoms with Gasteiger partial charge in [-0.25, -0.2) is 4.79 Å². The first-order valence-corrected chi connectivity index (χ1v) is 7.43. The molecule has 1 saturated heterocycles. The van der Waals surface area contributed by atoms with Gasteiger partial charge in [-0.2, -0.15) is 0 Å². The Labute approximate surface area is 110 Å². The van der Waals surface area contributed by atoms with Crippen molar-refractivity contribution in [1.82, 2.24) is 16.0 Å². The van der Waals surface area contributed by atoms with Crippen molar-refractivity contribution in [2.75, 3.05) is 19.6 Å². The van der Waals surface area contributed by atoms with Crippen LogP contribution in [-0.4, -0.2) is 31.7 Å². The summed E-state index contributed by atoms with van der Waals surface area (Å²) in [6.07, 6.45) is 8.54. The number of nitrogens with one attached hydrogen (secondary N) is 3. The summed E-state index contributed by atoms with van der Waals surface area (Å²) in [6.45, 7) is 5.15. The number of piperidine rings is 1. The van der Waals surface area contributed by atoms with Crippen LogP contribution in [0.5, 0.6) is 0 Å². The molecule has 0 bridgehead atoms. The van der Waals surface area contributed by atoms with Gasteiger partial charge in [0.2, 0.25) is 0 Å². The van der Waals surface area contributed by atoms with Crippen LogP contribution in [0.25, 0.3) is 0 Å². The SMILES string of the molecule is CC1(CNC(=O)NC2CCCCC2)CCCNC1. The van der Waals surface area contributed by atoms with Crippen molar-refractivity contribution in [2.45, 2.75) is 57.9 Å². The van der Waals surface area contributed by atoms with Crippen LogP contribution in [0.3, 0.4) is 0 Å². The van der Waals surface area contributed by atoms with E-state index < -0.39 is 0 Å². The lowest BCUT2D eigenvalue weighted by Crippen LogP contribution is -2.49. The second-order valence-electron chi connectivity index (χ2n) is 6.25. The zero-order chi connectivity index (χ0) is 12.8. The molecule has 4 heteroatoms. The molecule has 1 atom stereocenters. The monoisotopic (exact) mass is 253 g/mol. The number of carbonyl (C=O) groups is 1. The summed E-state index contributed by atoms with van der Waals surface area (Å²) in [5.41, 5.74) is 0.224. The van der Waals surface area contributed by atoms with E-state index in [1.165, 1.54) is 32.1 Å². The molecule has 0 aromatic carbocycles. The summed E-state index contributed by atoms with van der Waals surface area (Å²) in [5, 5.41) is 9.56. The van der Waals surface area contributed by atoms with Crippen molar-refractivity contribution in [2.24, 2.45) is 5.41 Å². The molecule has 3 N–H and O–H groups in total.